The van der Waals surface area contributed by atoms with Gasteiger partial charge in [-0.15, -0.1) is 0 Å². The Balaban J connectivity index is 1.29. The summed E-state index contributed by atoms with van der Waals surface area (Å²) in [6.45, 7) is -0.976. The summed E-state index contributed by atoms with van der Waals surface area (Å²) in [6, 6.07) is 4.95. The van der Waals surface area contributed by atoms with Crippen LogP contribution >= 0.6 is 27.5 Å². The average Bonchev–Trinajstić information content (AvgIpc) is 3.32. The summed E-state index contributed by atoms with van der Waals surface area (Å²) in [5.74, 6) is -1.93. The summed E-state index contributed by atoms with van der Waals surface area (Å²) < 4.78 is 5.70. The maximum atomic E-state index is 12.6. The molecule has 3 aliphatic rings. The van der Waals surface area contributed by atoms with Crippen molar-refractivity contribution in [2.45, 2.75) is 19.3 Å². The Hall–Kier alpha value is -1.93. The molecular formula is C19H18BrClN2O5. The normalized spacial score (nSPS) is 27.9. The fraction of sp³-hybridized carbons (Fsp3) is 0.474. The molecule has 4 atom stereocenters. The van der Waals surface area contributed by atoms with E-state index in [1.54, 1.807) is 18.2 Å². The largest absolute Gasteiger partial charge is 0.454 e. The number of halogens is 2. The number of nitrogens with one attached hydrogen (secondary N) is 1. The fourth-order valence-corrected chi connectivity index (χ4v) is 5.44. The molecule has 1 aliphatic heterocycles. The first kappa shape index (κ1) is 19.4. The van der Waals surface area contributed by atoms with E-state index < -0.39 is 25.0 Å². The van der Waals surface area contributed by atoms with Crippen LogP contribution in [-0.4, -0.2) is 41.7 Å². The molecule has 1 N–H and O–H groups in total. The van der Waals surface area contributed by atoms with E-state index >= 15 is 0 Å². The minimum absolute atomic E-state index is 0.258. The van der Waals surface area contributed by atoms with Crippen LogP contribution in [0.5, 0.6) is 0 Å². The zero-order chi connectivity index (χ0) is 20.0. The second-order valence-electron chi connectivity index (χ2n) is 7.48. The van der Waals surface area contributed by atoms with Gasteiger partial charge in [-0.25, -0.2) is 0 Å². The van der Waals surface area contributed by atoms with E-state index in [1.165, 1.54) is 0 Å². The number of nitrogens with zero attached hydrogens (tertiary/aromatic N) is 1. The Kier molecular flexibility index (Phi) is 5.18. The highest BCUT2D eigenvalue weighted by molar-refractivity contribution is 9.10. The first-order valence-electron chi connectivity index (χ1n) is 9.11. The molecule has 1 heterocycles. The molecule has 2 bridgehead atoms. The van der Waals surface area contributed by atoms with Crippen LogP contribution < -0.4 is 5.32 Å². The maximum absolute atomic E-state index is 12.6. The molecule has 7 nitrogen and oxygen atoms in total. The summed E-state index contributed by atoms with van der Waals surface area (Å²) in [6.07, 6.45) is 2.88. The van der Waals surface area contributed by atoms with E-state index in [1.807, 2.05) is 0 Å². The van der Waals surface area contributed by atoms with E-state index in [2.05, 4.69) is 21.2 Å². The number of anilines is 1. The van der Waals surface area contributed by atoms with Crippen molar-refractivity contribution in [1.29, 1.82) is 0 Å². The third kappa shape index (κ3) is 3.43. The Morgan fingerprint density at radius 1 is 1.18 bits per heavy atom. The summed E-state index contributed by atoms with van der Waals surface area (Å²) in [4.78, 5) is 50.2. The van der Waals surface area contributed by atoms with Crippen LogP contribution in [0.1, 0.15) is 19.3 Å². The van der Waals surface area contributed by atoms with Crippen LogP contribution in [0.2, 0.25) is 5.02 Å². The summed E-state index contributed by atoms with van der Waals surface area (Å²) >= 11 is 9.29. The van der Waals surface area contributed by atoms with Crippen molar-refractivity contribution < 1.29 is 23.9 Å². The van der Waals surface area contributed by atoms with Crippen LogP contribution in [0, 0.1) is 23.7 Å². The van der Waals surface area contributed by atoms with Crippen molar-refractivity contribution in [2.24, 2.45) is 23.7 Å². The van der Waals surface area contributed by atoms with Gasteiger partial charge in [-0.05, 0) is 49.3 Å². The molecular weight excluding hydrogens is 452 g/mol. The van der Waals surface area contributed by atoms with Crippen LogP contribution in [0.25, 0.3) is 0 Å². The van der Waals surface area contributed by atoms with Crippen molar-refractivity contribution in [3.63, 3.8) is 0 Å². The summed E-state index contributed by atoms with van der Waals surface area (Å²) in [7, 11) is 0. The van der Waals surface area contributed by atoms with Crippen LogP contribution in [0.15, 0.2) is 22.7 Å². The minimum atomic E-state index is -0.786. The number of esters is 1. The highest BCUT2D eigenvalue weighted by atomic mass is 79.9. The van der Waals surface area contributed by atoms with E-state index in [-0.39, 0.29) is 35.5 Å². The van der Waals surface area contributed by atoms with Crippen LogP contribution in [0.4, 0.5) is 5.69 Å². The van der Waals surface area contributed by atoms with Crippen molar-refractivity contribution in [3.05, 3.63) is 27.7 Å². The molecule has 4 rings (SSSR count). The molecule has 2 saturated carbocycles. The predicted molar refractivity (Wildman–Crippen MR) is 103 cm³/mol. The highest BCUT2D eigenvalue weighted by Crippen LogP contribution is 2.56. The van der Waals surface area contributed by atoms with Crippen LogP contribution in [0.3, 0.4) is 0 Å². The van der Waals surface area contributed by atoms with Crippen LogP contribution in [-0.2, 0) is 23.9 Å². The Labute approximate surface area is 174 Å². The van der Waals surface area contributed by atoms with E-state index in [0.29, 0.717) is 10.7 Å². The Morgan fingerprint density at radius 2 is 1.82 bits per heavy atom. The number of ether oxygens (including phenoxy) is 1. The number of carbonyl (C=O) groups excluding carboxylic acids is 4. The lowest BCUT2D eigenvalue weighted by Gasteiger charge is -2.19. The summed E-state index contributed by atoms with van der Waals surface area (Å²) in [5, 5.41) is 2.88. The van der Waals surface area contributed by atoms with Gasteiger partial charge in [-0.3, -0.25) is 24.1 Å². The second kappa shape index (κ2) is 7.48. The minimum Gasteiger partial charge on any atom is -0.454 e. The van der Waals surface area contributed by atoms with Gasteiger partial charge < -0.3 is 10.1 Å². The number of fused-ring (bicyclic) bond motifs is 5. The Morgan fingerprint density at radius 3 is 2.43 bits per heavy atom. The molecule has 28 heavy (non-hydrogen) atoms. The molecule has 3 amide bonds. The second-order valence-corrected chi connectivity index (χ2v) is 8.80. The lowest BCUT2D eigenvalue weighted by molar-refractivity contribution is -0.154. The van der Waals surface area contributed by atoms with Crippen molar-refractivity contribution in [2.75, 3.05) is 18.5 Å². The quantitative estimate of drug-likeness (QED) is 0.529. The monoisotopic (exact) mass is 468 g/mol. The third-order valence-corrected chi connectivity index (χ3v) is 6.68. The summed E-state index contributed by atoms with van der Waals surface area (Å²) in [5.41, 5.74) is 0.388. The molecule has 1 saturated heterocycles. The average molecular weight is 470 g/mol. The lowest BCUT2D eigenvalue weighted by Crippen LogP contribution is -2.38. The fourth-order valence-electron chi connectivity index (χ4n) is 4.72. The standard InChI is InChI=1S/C19H18BrClN2O5/c20-11-3-4-13(12(21)6-11)22-14(24)8-28-15(25)7-23-18(26)16-9-1-2-10(5-9)17(16)19(23)27/h3-4,6,9-10,16-17H,1-2,5,7-8H2,(H,22,24)/t9-,10-,16-,17-/m0/s1. The molecule has 1 aromatic rings. The van der Waals surface area contributed by atoms with Gasteiger partial charge in [0.1, 0.15) is 6.54 Å². The molecule has 0 radical (unpaired) electrons. The van der Waals surface area contributed by atoms with Gasteiger partial charge in [0.2, 0.25) is 11.8 Å². The van der Waals surface area contributed by atoms with Gasteiger partial charge >= 0.3 is 5.97 Å². The maximum Gasteiger partial charge on any atom is 0.326 e. The predicted octanol–water partition coefficient (Wildman–Crippen LogP) is 2.62. The number of carbonyl (C=O) groups is 4. The first-order chi connectivity index (χ1) is 13.3. The van der Waals surface area contributed by atoms with Crippen molar-refractivity contribution in [3.8, 4) is 0 Å². The molecule has 0 aromatic heterocycles. The zero-order valence-corrected chi connectivity index (χ0v) is 17.2. The molecule has 9 heteroatoms. The van der Waals surface area contributed by atoms with Gasteiger partial charge in [0.25, 0.3) is 5.91 Å². The smallest absolute Gasteiger partial charge is 0.326 e. The van der Waals surface area contributed by atoms with Gasteiger partial charge in [-0.2, -0.15) is 0 Å². The zero-order valence-electron chi connectivity index (χ0n) is 14.8. The van der Waals surface area contributed by atoms with E-state index in [0.717, 1.165) is 28.6 Å². The molecule has 1 aromatic carbocycles. The number of hydrogen-bond acceptors (Lipinski definition) is 5. The SMILES string of the molecule is O=C(COC(=O)CN1C(=O)[C@H]2[C@H]3CC[C@@H](C3)[C@@H]2C1=O)Nc1ccc(Br)cc1Cl. The molecule has 3 fully saturated rings. The molecule has 0 unspecified atom stereocenters. The van der Waals surface area contributed by atoms with E-state index in [9.17, 15) is 19.2 Å². The number of likely N-dealkylation sites (tertiary alicyclic amines) is 1. The first-order valence-corrected chi connectivity index (χ1v) is 10.3. The molecule has 148 valence electrons. The number of imide groups is 1. The topological polar surface area (TPSA) is 92.8 Å². The van der Waals surface area contributed by atoms with Crippen molar-refractivity contribution in [1.82, 2.24) is 4.90 Å². The highest BCUT2D eigenvalue weighted by Gasteiger charge is 2.61. The van der Waals surface area contributed by atoms with Gasteiger partial charge in [0, 0.05) is 4.47 Å². The van der Waals surface area contributed by atoms with Crippen molar-refractivity contribution >= 4 is 56.9 Å². The number of benzene rings is 1. The third-order valence-electron chi connectivity index (χ3n) is 5.88. The Bertz CT molecular complexity index is 848. The van der Waals surface area contributed by atoms with E-state index in [4.69, 9.17) is 16.3 Å². The number of rotatable bonds is 5. The van der Waals surface area contributed by atoms with Gasteiger partial charge in [0.05, 0.1) is 22.5 Å². The number of hydrogen-bond donors (Lipinski definition) is 1. The van der Waals surface area contributed by atoms with Gasteiger partial charge in [0.15, 0.2) is 6.61 Å². The molecule has 0 spiro atoms. The lowest BCUT2D eigenvalue weighted by atomic mass is 9.81. The number of amides is 3. The van der Waals surface area contributed by atoms with Gasteiger partial charge in [-0.1, -0.05) is 27.5 Å². The molecule has 2 aliphatic carbocycles.